The molecule has 2 amide bonds. The SMILES string of the molecule is O=C1CSC(=S)N1CN1CCN(CN2C(=O)CSC2=S)CC1. The Labute approximate surface area is 148 Å². The van der Waals surface area contributed by atoms with E-state index in [1.807, 2.05) is 0 Å². The van der Waals surface area contributed by atoms with Gasteiger partial charge in [-0.1, -0.05) is 48.0 Å². The van der Waals surface area contributed by atoms with E-state index in [0.29, 0.717) is 33.5 Å². The zero-order valence-corrected chi connectivity index (χ0v) is 15.2. The average molecular weight is 377 g/mol. The van der Waals surface area contributed by atoms with Crippen LogP contribution in [0.5, 0.6) is 0 Å². The molecule has 0 spiro atoms. The molecule has 0 atom stereocenters. The monoisotopic (exact) mass is 376 g/mol. The molecule has 3 saturated heterocycles. The van der Waals surface area contributed by atoms with Crippen molar-refractivity contribution in [3.63, 3.8) is 0 Å². The first-order chi connectivity index (χ1) is 10.5. The Kier molecular flexibility index (Phi) is 5.35. The number of amides is 2. The second kappa shape index (κ2) is 7.10. The van der Waals surface area contributed by atoms with Crippen molar-refractivity contribution < 1.29 is 9.59 Å². The number of rotatable bonds is 4. The van der Waals surface area contributed by atoms with E-state index in [-0.39, 0.29) is 11.8 Å². The Bertz CT molecular complexity index is 443. The predicted molar refractivity (Wildman–Crippen MR) is 96.7 cm³/mol. The summed E-state index contributed by atoms with van der Waals surface area (Å²) in [6.07, 6.45) is 0. The van der Waals surface area contributed by atoms with Gasteiger partial charge in [-0.3, -0.25) is 29.2 Å². The summed E-state index contributed by atoms with van der Waals surface area (Å²) in [6.45, 7) is 4.60. The molecule has 0 saturated carbocycles. The van der Waals surface area contributed by atoms with Crippen molar-refractivity contribution in [1.82, 2.24) is 19.6 Å². The number of thiocarbonyl (C=S) groups is 2. The molecule has 0 N–H and O–H groups in total. The minimum absolute atomic E-state index is 0.0995. The lowest BCUT2D eigenvalue weighted by atomic mass is 10.3. The van der Waals surface area contributed by atoms with Gasteiger partial charge >= 0.3 is 0 Å². The van der Waals surface area contributed by atoms with Gasteiger partial charge in [0.2, 0.25) is 11.8 Å². The molecule has 6 nitrogen and oxygen atoms in total. The summed E-state index contributed by atoms with van der Waals surface area (Å²) in [4.78, 5) is 31.3. The van der Waals surface area contributed by atoms with Crippen molar-refractivity contribution in [3.05, 3.63) is 0 Å². The summed E-state index contributed by atoms with van der Waals surface area (Å²) in [7, 11) is 0. The zero-order valence-electron chi connectivity index (χ0n) is 11.9. The molecular weight excluding hydrogens is 360 g/mol. The Hall–Kier alpha value is -0.260. The van der Waals surface area contributed by atoms with E-state index in [0.717, 1.165) is 26.2 Å². The number of nitrogens with zero attached hydrogens (tertiary/aromatic N) is 4. The largest absolute Gasteiger partial charge is 0.283 e. The highest BCUT2D eigenvalue weighted by molar-refractivity contribution is 8.24. The van der Waals surface area contributed by atoms with E-state index in [2.05, 4.69) is 9.80 Å². The van der Waals surface area contributed by atoms with Crippen LogP contribution in [0.4, 0.5) is 0 Å². The fourth-order valence-electron chi connectivity index (χ4n) is 2.51. The van der Waals surface area contributed by atoms with Crippen LogP contribution in [-0.4, -0.2) is 91.1 Å². The lowest BCUT2D eigenvalue weighted by molar-refractivity contribution is -0.127. The number of thioether (sulfide) groups is 2. The van der Waals surface area contributed by atoms with Gasteiger partial charge in [0.1, 0.15) is 8.64 Å². The summed E-state index contributed by atoms with van der Waals surface area (Å²) < 4.78 is 1.36. The summed E-state index contributed by atoms with van der Waals surface area (Å²) in [6, 6.07) is 0. The highest BCUT2D eigenvalue weighted by atomic mass is 32.2. The zero-order chi connectivity index (χ0) is 15.7. The second-order valence-corrected chi connectivity index (χ2v) is 8.49. The average Bonchev–Trinajstić information content (AvgIpc) is 2.99. The lowest BCUT2D eigenvalue weighted by Gasteiger charge is -2.37. The molecule has 3 heterocycles. The van der Waals surface area contributed by atoms with Crippen LogP contribution in [-0.2, 0) is 9.59 Å². The first-order valence-corrected chi connectivity index (χ1v) is 9.72. The molecule has 0 unspecified atom stereocenters. The molecule has 0 aromatic heterocycles. The fraction of sp³-hybridized carbons (Fsp3) is 0.667. The van der Waals surface area contributed by atoms with Crippen LogP contribution in [0, 0.1) is 0 Å². The summed E-state index contributed by atoms with van der Waals surface area (Å²) in [5, 5.41) is 0. The molecule has 0 radical (unpaired) electrons. The Balaban J connectivity index is 1.46. The quantitative estimate of drug-likeness (QED) is 0.647. The summed E-state index contributed by atoms with van der Waals surface area (Å²) in [5.41, 5.74) is 0. The molecule has 3 aliphatic heterocycles. The maximum absolute atomic E-state index is 11.7. The van der Waals surface area contributed by atoms with Crippen LogP contribution in [0.15, 0.2) is 0 Å². The Morgan fingerprint density at radius 2 is 1.14 bits per heavy atom. The highest BCUT2D eigenvalue weighted by Gasteiger charge is 2.31. The molecule has 120 valence electrons. The molecule has 0 aromatic carbocycles. The van der Waals surface area contributed by atoms with Gasteiger partial charge in [-0.25, -0.2) is 0 Å². The first kappa shape index (κ1) is 16.6. The van der Waals surface area contributed by atoms with E-state index >= 15 is 0 Å². The van der Waals surface area contributed by atoms with Crippen molar-refractivity contribution >= 4 is 68.4 Å². The van der Waals surface area contributed by atoms with Gasteiger partial charge in [-0.15, -0.1) is 0 Å². The van der Waals surface area contributed by atoms with E-state index in [1.54, 1.807) is 9.80 Å². The molecule has 3 fully saturated rings. The van der Waals surface area contributed by atoms with E-state index in [9.17, 15) is 9.59 Å². The van der Waals surface area contributed by atoms with E-state index < -0.39 is 0 Å². The van der Waals surface area contributed by atoms with Gasteiger partial charge in [0.05, 0.1) is 24.8 Å². The van der Waals surface area contributed by atoms with Crippen LogP contribution < -0.4 is 0 Å². The van der Waals surface area contributed by atoms with Crippen LogP contribution in [0.2, 0.25) is 0 Å². The summed E-state index contributed by atoms with van der Waals surface area (Å²) >= 11 is 13.3. The molecule has 10 heteroatoms. The molecule has 3 rings (SSSR count). The predicted octanol–water partition coefficient (Wildman–Crippen LogP) is 0.240. The third-order valence-corrected chi connectivity index (χ3v) is 6.69. The minimum atomic E-state index is 0.0995. The number of hydrogen-bond acceptors (Lipinski definition) is 8. The maximum atomic E-state index is 11.7. The standard InChI is InChI=1S/C12H16N4O2S4/c17-9-5-21-11(19)15(9)7-13-1-2-14(4-3-13)8-16-10(18)6-22-12(16)20/h1-8H2. The van der Waals surface area contributed by atoms with Crippen LogP contribution in [0.25, 0.3) is 0 Å². The van der Waals surface area contributed by atoms with Gasteiger partial charge in [-0.2, -0.15) is 0 Å². The third-order valence-electron chi connectivity index (χ3n) is 3.83. The summed E-state index contributed by atoms with van der Waals surface area (Å²) in [5.74, 6) is 1.13. The van der Waals surface area contributed by atoms with Crippen molar-refractivity contribution in [2.24, 2.45) is 0 Å². The smallest absolute Gasteiger partial charge is 0.239 e. The number of hydrogen-bond donors (Lipinski definition) is 0. The van der Waals surface area contributed by atoms with E-state index in [1.165, 1.54) is 23.5 Å². The highest BCUT2D eigenvalue weighted by Crippen LogP contribution is 2.21. The number of carbonyl (C=O) groups excluding carboxylic acids is 2. The fourth-order valence-corrected chi connectivity index (χ4v) is 4.62. The second-order valence-electron chi connectivity index (χ2n) is 5.27. The van der Waals surface area contributed by atoms with Crippen LogP contribution >= 0.6 is 48.0 Å². The maximum Gasteiger partial charge on any atom is 0.239 e. The van der Waals surface area contributed by atoms with Crippen LogP contribution in [0.1, 0.15) is 0 Å². The van der Waals surface area contributed by atoms with Crippen molar-refractivity contribution in [2.45, 2.75) is 0 Å². The molecule has 0 aromatic rings. The Morgan fingerprint density at radius 3 is 1.41 bits per heavy atom. The van der Waals surface area contributed by atoms with Gasteiger partial charge in [0.25, 0.3) is 0 Å². The van der Waals surface area contributed by atoms with Gasteiger partial charge in [0, 0.05) is 26.2 Å². The van der Waals surface area contributed by atoms with Gasteiger partial charge in [-0.05, 0) is 0 Å². The topological polar surface area (TPSA) is 47.1 Å². The van der Waals surface area contributed by atoms with Crippen molar-refractivity contribution in [3.8, 4) is 0 Å². The molecule has 22 heavy (non-hydrogen) atoms. The van der Waals surface area contributed by atoms with Crippen LogP contribution in [0.3, 0.4) is 0 Å². The normalized spacial score (nSPS) is 24.9. The number of piperazine rings is 1. The molecule has 3 aliphatic rings. The van der Waals surface area contributed by atoms with Crippen molar-refractivity contribution in [1.29, 1.82) is 0 Å². The first-order valence-electron chi connectivity index (χ1n) is 6.93. The van der Waals surface area contributed by atoms with E-state index in [4.69, 9.17) is 24.4 Å². The Morgan fingerprint density at radius 1 is 0.773 bits per heavy atom. The van der Waals surface area contributed by atoms with Gasteiger partial charge in [0.15, 0.2) is 0 Å². The molecule has 0 aliphatic carbocycles. The lowest BCUT2D eigenvalue weighted by Crippen LogP contribution is -2.53. The van der Waals surface area contributed by atoms with Crippen molar-refractivity contribution in [2.75, 3.05) is 51.0 Å². The molecule has 0 bridgehead atoms. The minimum Gasteiger partial charge on any atom is -0.283 e. The third kappa shape index (κ3) is 3.62. The van der Waals surface area contributed by atoms with Gasteiger partial charge < -0.3 is 0 Å². The number of carbonyl (C=O) groups is 2. The molecular formula is C12H16N4O2S4.